The van der Waals surface area contributed by atoms with Crippen molar-refractivity contribution in [1.29, 1.82) is 0 Å². The predicted octanol–water partition coefficient (Wildman–Crippen LogP) is 2.76. The fourth-order valence-electron chi connectivity index (χ4n) is 1.77. The van der Waals surface area contributed by atoms with Gasteiger partial charge in [-0.15, -0.1) is 0 Å². The number of nitrogens with one attached hydrogen (secondary N) is 1. The SMILES string of the molecule is COc1cc(CNCCOCCC(C)C)cc([N+](=O)[O-])c1. The van der Waals surface area contributed by atoms with E-state index in [1.807, 2.05) is 0 Å². The first-order chi connectivity index (χ1) is 10.0. The number of rotatable bonds is 10. The molecule has 0 bridgehead atoms. The van der Waals surface area contributed by atoms with Gasteiger partial charge in [0.05, 0.1) is 24.7 Å². The lowest BCUT2D eigenvalue weighted by Crippen LogP contribution is -2.19. The summed E-state index contributed by atoms with van der Waals surface area (Å²) in [6.07, 6.45) is 1.06. The van der Waals surface area contributed by atoms with Crippen LogP contribution in [0.1, 0.15) is 25.8 Å². The summed E-state index contributed by atoms with van der Waals surface area (Å²) >= 11 is 0. The molecule has 0 aliphatic rings. The third-order valence-electron chi connectivity index (χ3n) is 2.99. The van der Waals surface area contributed by atoms with E-state index in [1.54, 1.807) is 12.1 Å². The van der Waals surface area contributed by atoms with Crippen LogP contribution in [0, 0.1) is 16.0 Å². The number of benzene rings is 1. The molecule has 1 rings (SSSR count). The summed E-state index contributed by atoms with van der Waals surface area (Å²) < 4.78 is 10.6. The lowest BCUT2D eigenvalue weighted by atomic mass is 10.1. The number of nitro benzene ring substituents is 1. The van der Waals surface area contributed by atoms with E-state index in [1.165, 1.54) is 13.2 Å². The molecule has 0 fully saturated rings. The second-order valence-electron chi connectivity index (χ2n) is 5.27. The first kappa shape index (κ1) is 17.4. The average molecular weight is 296 g/mol. The van der Waals surface area contributed by atoms with Crippen molar-refractivity contribution in [2.45, 2.75) is 26.8 Å². The summed E-state index contributed by atoms with van der Waals surface area (Å²) in [5.41, 5.74) is 0.863. The maximum absolute atomic E-state index is 10.8. The molecule has 0 amide bonds. The van der Waals surface area contributed by atoms with Gasteiger partial charge in [0.2, 0.25) is 0 Å². The molecule has 0 saturated carbocycles. The highest BCUT2D eigenvalue weighted by Gasteiger charge is 2.09. The summed E-state index contributed by atoms with van der Waals surface area (Å²) in [5, 5.41) is 14.0. The Morgan fingerprint density at radius 2 is 2.05 bits per heavy atom. The molecule has 0 aliphatic heterocycles. The van der Waals surface area contributed by atoms with E-state index in [2.05, 4.69) is 19.2 Å². The van der Waals surface area contributed by atoms with Crippen LogP contribution in [0.3, 0.4) is 0 Å². The van der Waals surface area contributed by atoms with Gasteiger partial charge in [0.1, 0.15) is 5.75 Å². The standard InChI is InChI=1S/C15H24N2O4/c1-12(2)4-6-21-7-5-16-11-13-8-14(17(18)19)10-15(9-13)20-3/h8-10,12,16H,4-7,11H2,1-3H3. The normalized spacial score (nSPS) is 10.9. The zero-order valence-corrected chi connectivity index (χ0v) is 12.9. The zero-order valence-electron chi connectivity index (χ0n) is 12.9. The number of hydrogen-bond donors (Lipinski definition) is 1. The van der Waals surface area contributed by atoms with Crippen molar-refractivity contribution in [3.8, 4) is 5.75 Å². The van der Waals surface area contributed by atoms with Crippen molar-refractivity contribution in [2.75, 3.05) is 26.9 Å². The van der Waals surface area contributed by atoms with Crippen molar-refractivity contribution in [3.63, 3.8) is 0 Å². The highest BCUT2D eigenvalue weighted by Crippen LogP contribution is 2.22. The van der Waals surface area contributed by atoms with E-state index in [0.717, 1.165) is 18.6 Å². The van der Waals surface area contributed by atoms with Crippen LogP contribution in [0.15, 0.2) is 18.2 Å². The molecule has 0 radical (unpaired) electrons. The Kier molecular flexibility index (Phi) is 7.71. The molecular weight excluding hydrogens is 272 g/mol. The molecule has 6 nitrogen and oxygen atoms in total. The van der Waals surface area contributed by atoms with Gasteiger partial charge in [0.25, 0.3) is 5.69 Å². The van der Waals surface area contributed by atoms with Gasteiger partial charge in [-0.25, -0.2) is 0 Å². The molecule has 0 atom stereocenters. The largest absolute Gasteiger partial charge is 0.496 e. The van der Waals surface area contributed by atoms with Crippen molar-refractivity contribution in [2.24, 2.45) is 5.92 Å². The van der Waals surface area contributed by atoms with E-state index in [-0.39, 0.29) is 5.69 Å². The van der Waals surface area contributed by atoms with Crippen LogP contribution >= 0.6 is 0 Å². The van der Waals surface area contributed by atoms with Crippen molar-refractivity contribution in [1.82, 2.24) is 5.32 Å². The van der Waals surface area contributed by atoms with Crippen LogP contribution < -0.4 is 10.1 Å². The van der Waals surface area contributed by atoms with E-state index < -0.39 is 4.92 Å². The molecule has 6 heteroatoms. The zero-order chi connectivity index (χ0) is 15.7. The molecule has 1 aromatic rings. The Labute approximate surface area is 125 Å². The monoisotopic (exact) mass is 296 g/mol. The molecule has 118 valence electrons. The predicted molar refractivity (Wildman–Crippen MR) is 81.6 cm³/mol. The van der Waals surface area contributed by atoms with Gasteiger partial charge in [0, 0.05) is 25.8 Å². The van der Waals surface area contributed by atoms with E-state index in [4.69, 9.17) is 9.47 Å². The molecule has 0 aliphatic carbocycles. The van der Waals surface area contributed by atoms with Crippen LogP contribution in [-0.4, -0.2) is 31.8 Å². The van der Waals surface area contributed by atoms with Gasteiger partial charge in [-0.05, 0) is 24.0 Å². The molecule has 1 aromatic carbocycles. The number of hydrogen-bond acceptors (Lipinski definition) is 5. The Morgan fingerprint density at radius 1 is 1.29 bits per heavy atom. The summed E-state index contributed by atoms with van der Waals surface area (Å²) in [6, 6.07) is 4.76. The number of ether oxygens (including phenoxy) is 2. The van der Waals surface area contributed by atoms with Crippen LogP contribution in [0.5, 0.6) is 5.75 Å². The minimum Gasteiger partial charge on any atom is -0.496 e. The molecule has 0 heterocycles. The third-order valence-corrected chi connectivity index (χ3v) is 2.99. The van der Waals surface area contributed by atoms with Gasteiger partial charge < -0.3 is 14.8 Å². The lowest BCUT2D eigenvalue weighted by molar-refractivity contribution is -0.385. The Bertz CT molecular complexity index is 449. The Morgan fingerprint density at radius 3 is 2.67 bits per heavy atom. The maximum atomic E-state index is 10.8. The van der Waals surface area contributed by atoms with Gasteiger partial charge >= 0.3 is 0 Å². The molecular formula is C15H24N2O4. The van der Waals surface area contributed by atoms with E-state index in [0.29, 0.717) is 31.4 Å². The number of non-ortho nitro benzene ring substituents is 1. The second-order valence-corrected chi connectivity index (χ2v) is 5.27. The van der Waals surface area contributed by atoms with Crippen LogP contribution in [-0.2, 0) is 11.3 Å². The van der Waals surface area contributed by atoms with E-state index >= 15 is 0 Å². The first-order valence-corrected chi connectivity index (χ1v) is 7.13. The number of nitro groups is 1. The summed E-state index contributed by atoms with van der Waals surface area (Å²) in [7, 11) is 1.50. The molecule has 21 heavy (non-hydrogen) atoms. The lowest BCUT2D eigenvalue weighted by Gasteiger charge is -2.08. The maximum Gasteiger partial charge on any atom is 0.273 e. The van der Waals surface area contributed by atoms with E-state index in [9.17, 15) is 10.1 Å². The topological polar surface area (TPSA) is 73.6 Å². The van der Waals surface area contributed by atoms with Crippen LogP contribution in [0.25, 0.3) is 0 Å². The Hall–Kier alpha value is -1.66. The van der Waals surface area contributed by atoms with Crippen molar-refractivity contribution < 1.29 is 14.4 Å². The van der Waals surface area contributed by atoms with Crippen LogP contribution in [0.2, 0.25) is 0 Å². The average Bonchev–Trinajstić information content (AvgIpc) is 2.45. The highest BCUT2D eigenvalue weighted by molar-refractivity contribution is 5.42. The smallest absolute Gasteiger partial charge is 0.273 e. The molecule has 0 unspecified atom stereocenters. The summed E-state index contributed by atoms with van der Waals surface area (Å²) in [4.78, 5) is 10.4. The number of nitrogens with zero attached hydrogens (tertiary/aromatic N) is 1. The fourth-order valence-corrected chi connectivity index (χ4v) is 1.77. The molecule has 0 aromatic heterocycles. The highest BCUT2D eigenvalue weighted by atomic mass is 16.6. The van der Waals surface area contributed by atoms with Gasteiger partial charge in [-0.1, -0.05) is 13.8 Å². The van der Waals surface area contributed by atoms with Gasteiger partial charge in [-0.3, -0.25) is 10.1 Å². The summed E-state index contributed by atoms with van der Waals surface area (Å²) in [6.45, 7) is 6.99. The Balaban J connectivity index is 2.34. The van der Waals surface area contributed by atoms with Crippen LogP contribution in [0.4, 0.5) is 5.69 Å². The van der Waals surface area contributed by atoms with Crippen molar-refractivity contribution in [3.05, 3.63) is 33.9 Å². The summed E-state index contributed by atoms with van der Waals surface area (Å²) in [5.74, 6) is 1.14. The van der Waals surface area contributed by atoms with Gasteiger partial charge in [-0.2, -0.15) is 0 Å². The molecule has 1 N–H and O–H groups in total. The quantitative estimate of drug-likeness (QED) is 0.408. The second kappa shape index (κ2) is 9.31. The molecule has 0 saturated heterocycles. The number of methoxy groups -OCH3 is 1. The fraction of sp³-hybridized carbons (Fsp3) is 0.600. The van der Waals surface area contributed by atoms with Crippen molar-refractivity contribution >= 4 is 5.69 Å². The minimum absolute atomic E-state index is 0.0410. The third kappa shape index (κ3) is 7.06. The van der Waals surface area contributed by atoms with Gasteiger partial charge in [0.15, 0.2) is 0 Å². The first-order valence-electron chi connectivity index (χ1n) is 7.13. The minimum atomic E-state index is -0.416. The molecule has 0 spiro atoms.